The minimum Gasteiger partial charge on any atom is -0.351 e. The molecule has 0 aliphatic carbocycles. The number of hydrogen-bond donors (Lipinski definition) is 2. The van der Waals surface area contributed by atoms with E-state index in [9.17, 15) is 9.59 Å². The van der Waals surface area contributed by atoms with Crippen LogP contribution in [0.1, 0.15) is 43.6 Å². The molecule has 2 aromatic rings. The van der Waals surface area contributed by atoms with E-state index in [0.717, 1.165) is 35.8 Å². The average molecular weight is 452 g/mol. The molecule has 32 heavy (non-hydrogen) atoms. The second kappa shape index (κ2) is 11.3. The summed E-state index contributed by atoms with van der Waals surface area (Å²) in [6, 6.07) is 15.1. The zero-order valence-electron chi connectivity index (χ0n) is 19.4. The fourth-order valence-corrected chi connectivity index (χ4v) is 4.66. The van der Waals surface area contributed by atoms with E-state index in [2.05, 4.69) is 43.2 Å². The summed E-state index contributed by atoms with van der Waals surface area (Å²) in [6.45, 7) is 12.4. The van der Waals surface area contributed by atoms with E-state index in [1.807, 2.05) is 42.5 Å². The molecule has 0 atom stereocenters. The first kappa shape index (κ1) is 24.1. The molecule has 0 unspecified atom stereocenters. The van der Waals surface area contributed by atoms with Crippen LogP contribution < -0.4 is 10.6 Å². The highest BCUT2D eigenvalue weighted by atomic mass is 32.2. The predicted molar refractivity (Wildman–Crippen MR) is 134 cm³/mol. The Kier molecular flexibility index (Phi) is 8.53. The summed E-state index contributed by atoms with van der Waals surface area (Å²) in [5, 5.41) is 5.95. The van der Waals surface area contributed by atoms with Gasteiger partial charge in [0.05, 0.1) is 10.6 Å². The lowest BCUT2D eigenvalue weighted by Gasteiger charge is -2.26. The second-order valence-corrected chi connectivity index (χ2v) is 10.1. The Morgan fingerprint density at radius 2 is 1.69 bits per heavy atom. The minimum absolute atomic E-state index is 0.0723. The van der Waals surface area contributed by atoms with Crippen molar-refractivity contribution >= 4 is 35.3 Å². The number of carbonyl (C=O) groups excluding carboxylic acids is 2. The molecule has 5 nitrogen and oxygen atoms in total. The van der Waals surface area contributed by atoms with Gasteiger partial charge in [-0.2, -0.15) is 0 Å². The number of anilines is 1. The standard InChI is InChI=1S/C26H33N3O2S/c1-18(2)16-29(17-19(3)4)14-13-27-25(30)21-11-9-20(10-12-21)15-24-26(31)28-22-7-5-6-8-23(22)32-24/h5-12,15,18-19H,13-14,16-17H2,1-4H3,(H,27,30)(H,28,31). The van der Waals surface area contributed by atoms with Gasteiger partial charge in [0, 0.05) is 36.6 Å². The molecule has 0 aromatic heterocycles. The lowest BCUT2D eigenvalue weighted by atomic mass is 10.1. The van der Waals surface area contributed by atoms with Crippen LogP contribution in [0.3, 0.4) is 0 Å². The monoisotopic (exact) mass is 451 g/mol. The Hall–Kier alpha value is -2.57. The maximum absolute atomic E-state index is 12.5. The van der Waals surface area contributed by atoms with Crippen molar-refractivity contribution in [2.75, 3.05) is 31.5 Å². The van der Waals surface area contributed by atoms with Gasteiger partial charge in [-0.15, -0.1) is 0 Å². The summed E-state index contributed by atoms with van der Waals surface area (Å²) in [4.78, 5) is 29.0. The van der Waals surface area contributed by atoms with Crippen LogP contribution in [0.4, 0.5) is 5.69 Å². The Morgan fingerprint density at radius 3 is 2.34 bits per heavy atom. The molecule has 170 valence electrons. The average Bonchev–Trinajstić information content (AvgIpc) is 2.73. The summed E-state index contributed by atoms with van der Waals surface area (Å²) in [7, 11) is 0. The van der Waals surface area contributed by atoms with E-state index in [4.69, 9.17) is 0 Å². The quantitative estimate of drug-likeness (QED) is 0.520. The Bertz CT molecular complexity index is 957. The number of rotatable bonds is 9. The van der Waals surface area contributed by atoms with Gasteiger partial charge in [0.1, 0.15) is 0 Å². The van der Waals surface area contributed by atoms with Crippen molar-refractivity contribution in [2.24, 2.45) is 11.8 Å². The van der Waals surface area contributed by atoms with Crippen molar-refractivity contribution in [2.45, 2.75) is 32.6 Å². The summed E-state index contributed by atoms with van der Waals surface area (Å²) in [5.74, 6) is 1.02. The number of benzene rings is 2. The van der Waals surface area contributed by atoms with Crippen molar-refractivity contribution in [3.8, 4) is 0 Å². The van der Waals surface area contributed by atoms with Crippen LogP contribution in [0.2, 0.25) is 0 Å². The smallest absolute Gasteiger partial charge is 0.262 e. The van der Waals surface area contributed by atoms with Crippen LogP contribution in [0.5, 0.6) is 0 Å². The fraction of sp³-hybridized carbons (Fsp3) is 0.385. The molecule has 1 aliphatic rings. The molecule has 0 saturated heterocycles. The van der Waals surface area contributed by atoms with E-state index < -0.39 is 0 Å². The molecule has 0 radical (unpaired) electrons. The van der Waals surface area contributed by atoms with E-state index in [0.29, 0.717) is 28.8 Å². The van der Waals surface area contributed by atoms with E-state index >= 15 is 0 Å². The second-order valence-electron chi connectivity index (χ2n) is 8.99. The molecule has 2 aromatic carbocycles. The van der Waals surface area contributed by atoms with Crippen LogP contribution in [-0.2, 0) is 4.79 Å². The maximum atomic E-state index is 12.5. The Balaban J connectivity index is 1.56. The molecule has 2 amide bonds. The first-order valence-corrected chi connectivity index (χ1v) is 12.0. The molecule has 3 rings (SSSR count). The first-order valence-electron chi connectivity index (χ1n) is 11.2. The molecule has 1 heterocycles. The number of hydrogen-bond acceptors (Lipinski definition) is 4. The predicted octanol–water partition coefficient (Wildman–Crippen LogP) is 5.12. The van der Waals surface area contributed by atoms with Gasteiger partial charge < -0.3 is 15.5 Å². The van der Waals surface area contributed by atoms with Crippen molar-refractivity contribution in [1.29, 1.82) is 0 Å². The number of nitrogens with one attached hydrogen (secondary N) is 2. The van der Waals surface area contributed by atoms with Gasteiger partial charge >= 0.3 is 0 Å². The fourth-order valence-electron chi connectivity index (χ4n) is 3.70. The molecular formula is C26H33N3O2S. The number of nitrogens with zero attached hydrogens (tertiary/aromatic N) is 1. The Morgan fingerprint density at radius 1 is 1.03 bits per heavy atom. The van der Waals surface area contributed by atoms with Gasteiger partial charge in [-0.05, 0) is 47.7 Å². The van der Waals surface area contributed by atoms with E-state index in [-0.39, 0.29) is 11.8 Å². The van der Waals surface area contributed by atoms with E-state index in [1.165, 1.54) is 11.8 Å². The van der Waals surface area contributed by atoms with Crippen LogP contribution in [-0.4, -0.2) is 42.9 Å². The first-order chi connectivity index (χ1) is 15.3. The van der Waals surface area contributed by atoms with Gasteiger partial charge in [-0.3, -0.25) is 9.59 Å². The topological polar surface area (TPSA) is 61.4 Å². The van der Waals surface area contributed by atoms with Gasteiger partial charge in [0.25, 0.3) is 11.8 Å². The highest BCUT2D eigenvalue weighted by Crippen LogP contribution is 2.38. The van der Waals surface area contributed by atoms with Crippen LogP contribution in [0, 0.1) is 11.8 Å². The summed E-state index contributed by atoms with van der Waals surface area (Å²) in [6.07, 6.45) is 1.85. The van der Waals surface area contributed by atoms with Crippen molar-refractivity contribution < 1.29 is 9.59 Å². The highest BCUT2D eigenvalue weighted by molar-refractivity contribution is 8.04. The van der Waals surface area contributed by atoms with E-state index in [1.54, 1.807) is 12.1 Å². The largest absolute Gasteiger partial charge is 0.351 e. The molecular weight excluding hydrogens is 418 g/mol. The van der Waals surface area contributed by atoms with Crippen LogP contribution in [0.15, 0.2) is 58.3 Å². The highest BCUT2D eigenvalue weighted by Gasteiger charge is 2.20. The molecule has 2 N–H and O–H groups in total. The zero-order chi connectivity index (χ0) is 23.1. The molecule has 0 bridgehead atoms. The summed E-state index contributed by atoms with van der Waals surface area (Å²) < 4.78 is 0. The van der Waals surface area contributed by atoms with Crippen molar-refractivity contribution in [1.82, 2.24) is 10.2 Å². The molecule has 0 spiro atoms. The third kappa shape index (κ3) is 6.97. The van der Waals surface area contributed by atoms with Crippen molar-refractivity contribution in [3.63, 3.8) is 0 Å². The van der Waals surface area contributed by atoms with Gasteiger partial charge in [0.2, 0.25) is 0 Å². The van der Waals surface area contributed by atoms with Crippen LogP contribution >= 0.6 is 11.8 Å². The molecule has 6 heteroatoms. The number of para-hydroxylation sites is 1. The van der Waals surface area contributed by atoms with Gasteiger partial charge in [-0.1, -0.05) is 63.7 Å². The third-order valence-electron chi connectivity index (χ3n) is 5.01. The normalized spacial score (nSPS) is 14.7. The number of thioether (sulfide) groups is 1. The van der Waals surface area contributed by atoms with Crippen LogP contribution in [0.25, 0.3) is 6.08 Å². The number of carbonyl (C=O) groups is 2. The number of amides is 2. The Labute approximate surface area is 195 Å². The number of fused-ring (bicyclic) bond motifs is 1. The lowest BCUT2D eigenvalue weighted by molar-refractivity contribution is -0.112. The lowest BCUT2D eigenvalue weighted by Crippen LogP contribution is -2.38. The summed E-state index contributed by atoms with van der Waals surface area (Å²) >= 11 is 1.46. The zero-order valence-corrected chi connectivity index (χ0v) is 20.2. The van der Waals surface area contributed by atoms with Gasteiger partial charge in [-0.25, -0.2) is 0 Å². The maximum Gasteiger partial charge on any atom is 0.262 e. The minimum atomic E-state index is -0.108. The van der Waals surface area contributed by atoms with Crippen molar-refractivity contribution in [3.05, 3.63) is 64.6 Å². The third-order valence-corrected chi connectivity index (χ3v) is 6.11. The van der Waals surface area contributed by atoms with Gasteiger partial charge in [0.15, 0.2) is 0 Å². The molecule has 0 saturated carbocycles. The molecule has 1 aliphatic heterocycles. The SMILES string of the molecule is CC(C)CN(CCNC(=O)c1ccc(C=C2Sc3ccccc3NC2=O)cc1)CC(C)C. The summed E-state index contributed by atoms with van der Waals surface area (Å²) in [5.41, 5.74) is 2.35. The molecule has 0 fully saturated rings.